The lowest BCUT2D eigenvalue weighted by atomic mass is 10.1. The maximum atomic E-state index is 13.2. The first-order valence-corrected chi connectivity index (χ1v) is 9.20. The molecule has 0 atom stereocenters. The molecule has 0 spiro atoms. The first-order valence-electron chi connectivity index (χ1n) is 8.83. The highest BCUT2D eigenvalue weighted by Crippen LogP contribution is 2.19. The van der Waals surface area contributed by atoms with Gasteiger partial charge in [0.25, 0.3) is 5.56 Å². The number of fused-ring (bicyclic) bond motifs is 1. The lowest BCUT2D eigenvalue weighted by molar-refractivity contribution is 0.0697. The number of hydrogen-bond acceptors (Lipinski definition) is 3. The average molecular weight is 403 g/mol. The van der Waals surface area contributed by atoms with E-state index in [0.717, 1.165) is 5.56 Å². The molecule has 0 bridgehead atoms. The molecule has 4 aromatic rings. The number of carboxylic acids is 1. The maximum Gasteiger partial charge on any atom is 0.335 e. The first-order chi connectivity index (χ1) is 14.0. The summed E-state index contributed by atoms with van der Waals surface area (Å²) in [5, 5.41) is 10.2. The number of aromatic nitrogens is 2. The van der Waals surface area contributed by atoms with Gasteiger partial charge in [-0.3, -0.25) is 9.36 Å². The SMILES string of the molecule is O=C(O)c1ccc(-n2c(/C=C/c3ccccc3Cl)nc3ccccc3c2=O)cc1. The number of carbonyl (C=O) groups is 1. The molecule has 0 radical (unpaired) electrons. The van der Waals surface area contributed by atoms with Crippen molar-refractivity contribution in [2.75, 3.05) is 0 Å². The molecule has 4 rings (SSSR count). The van der Waals surface area contributed by atoms with E-state index in [4.69, 9.17) is 16.7 Å². The molecule has 0 aliphatic rings. The van der Waals surface area contributed by atoms with E-state index in [1.807, 2.05) is 24.3 Å². The minimum atomic E-state index is -1.03. The molecule has 6 heteroatoms. The maximum absolute atomic E-state index is 13.2. The van der Waals surface area contributed by atoms with Crippen molar-refractivity contribution in [1.82, 2.24) is 9.55 Å². The van der Waals surface area contributed by atoms with Gasteiger partial charge in [-0.25, -0.2) is 9.78 Å². The Morgan fingerprint density at radius 3 is 2.34 bits per heavy atom. The zero-order valence-electron chi connectivity index (χ0n) is 15.1. The number of carboxylic acid groups (broad SMARTS) is 1. The highest BCUT2D eigenvalue weighted by atomic mass is 35.5. The summed E-state index contributed by atoms with van der Waals surface area (Å²) in [6.45, 7) is 0. The number of rotatable bonds is 4. The van der Waals surface area contributed by atoms with Gasteiger partial charge in [0.2, 0.25) is 0 Å². The van der Waals surface area contributed by atoms with Crippen molar-refractivity contribution in [2.24, 2.45) is 0 Å². The van der Waals surface area contributed by atoms with Crippen LogP contribution in [0.4, 0.5) is 0 Å². The number of halogens is 1. The molecule has 0 fully saturated rings. The first kappa shape index (κ1) is 18.7. The fraction of sp³-hybridized carbons (Fsp3) is 0. The Labute approximate surface area is 171 Å². The summed E-state index contributed by atoms with van der Waals surface area (Å²) in [7, 11) is 0. The number of para-hydroxylation sites is 1. The van der Waals surface area contributed by atoms with Crippen LogP contribution in [0.3, 0.4) is 0 Å². The smallest absolute Gasteiger partial charge is 0.335 e. The van der Waals surface area contributed by atoms with Crippen LogP contribution in [-0.2, 0) is 0 Å². The van der Waals surface area contributed by atoms with E-state index in [-0.39, 0.29) is 11.1 Å². The molecule has 5 nitrogen and oxygen atoms in total. The Kier molecular flexibility index (Phi) is 4.97. The molecular formula is C23H15ClN2O3. The van der Waals surface area contributed by atoms with Crippen molar-refractivity contribution >= 4 is 40.6 Å². The Hall–Kier alpha value is -3.70. The molecule has 0 aliphatic heterocycles. The second-order valence-electron chi connectivity index (χ2n) is 6.33. The van der Waals surface area contributed by atoms with Gasteiger partial charge in [-0.2, -0.15) is 0 Å². The highest BCUT2D eigenvalue weighted by molar-refractivity contribution is 6.32. The topological polar surface area (TPSA) is 72.2 Å². The van der Waals surface area contributed by atoms with Gasteiger partial charge >= 0.3 is 5.97 Å². The van der Waals surface area contributed by atoms with Crippen molar-refractivity contribution in [3.05, 3.63) is 105 Å². The number of benzene rings is 3. The predicted octanol–water partition coefficient (Wildman–Crippen LogP) is 4.91. The standard InChI is InChI=1S/C23H15ClN2O3/c24-19-7-3-1-5-15(19)11-14-21-25-20-8-4-2-6-18(20)22(27)26(21)17-12-9-16(10-13-17)23(28)29/h1-14H,(H,28,29)/b14-11+. The molecule has 1 aromatic heterocycles. The molecule has 1 heterocycles. The van der Waals surface area contributed by atoms with Crippen LogP contribution in [0, 0.1) is 0 Å². The van der Waals surface area contributed by atoms with Crippen LogP contribution in [0.2, 0.25) is 5.02 Å². The van der Waals surface area contributed by atoms with Crippen LogP contribution in [0.1, 0.15) is 21.7 Å². The fourth-order valence-corrected chi connectivity index (χ4v) is 3.24. The van der Waals surface area contributed by atoms with Gasteiger partial charge in [-0.05, 0) is 60.2 Å². The highest BCUT2D eigenvalue weighted by Gasteiger charge is 2.12. The molecule has 142 valence electrons. The van der Waals surface area contributed by atoms with Crippen molar-refractivity contribution in [2.45, 2.75) is 0 Å². The van der Waals surface area contributed by atoms with Crippen molar-refractivity contribution in [1.29, 1.82) is 0 Å². The second kappa shape index (κ2) is 7.73. The average Bonchev–Trinajstić information content (AvgIpc) is 2.73. The zero-order valence-corrected chi connectivity index (χ0v) is 15.9. The van der Waals surface area contributed by atoms with Crippen molar-refractivity contribution in [3.63, 3.8) is 0 Å². The molecule has 0 saturated carbocycles. The van der Waals surface area contributed by atoms with Crippen LogP contribution in [0.25, 0.3) is 28.7 Å². The summed E-state index contributed by atoms with van der Waals surface area (Å²) in [5.74, 6) is -0.615. The van der Waals surface area contributed by atoms with Gasteiger partial charge in [0.05, 0.1) is 22.2 Å². The minimum Gasteiger partial charge on any atom is -0.478 e. The van der Waals surface area contributed by atoms with Crippen LogP contribution >= 0.6 is 11.6 Å². The third-order valence-corrected chi connectivity index (χ3v) is 4.84. The van der Waals surface area contributed by atoms with Crippen LogP contribution < -0.4 is 5.56 Å². The Morgan fingerprint density at radius 2 is 1.62 bits per heavy atom. The summed E-state index contributed by atoms with van der Waals surface area (Å²) in [6, 6.07) is 20.6. The minimum absolute atomic E-state index is 0.142. The van der Waals surface area contributed by atoms with Crippen molar-refractivity contribution in [3.8, 4) is 5.69 Å². The van der Waals surface area contributed by atoms with Gasteiger partial charge in [-0.15, -0.1) is 0 Å². The predicted molar refractivity (Wildman–Crippen MR) is 115 cm³/mol. The summed E-state index contributed by atoms with van der Waals surface area (Å²) < 4.78 is 1.46. The molecule has 3 aromatic carbocycles. The molecular weight excluding hydrogens is 388 g/mol. The molecule has 0 amide bonds. The number of nitrogens with zero attached hydrogens (tertiary/aromatic N) is 2. The van der Waals surface area contributed by atoms with Crippen LogP contribution in [0.15, 0.2) is 77.6 Å². The second-order valence-corrected chi connectivity index (χ2v) is 6.74. The molecule has 29 heavy (non-hydrogen) atoms. The fourth-order valence-electron chi connectivity index (χ4n) is 3.04. The quantitative estimate of drug-likeness (QED) is 0.526. The van der Waals surface area contributed by atoms with Gasteiger partial charge in [0.1, 0.15) is 5.82 Å². The lowest BCUT2D eigenvalue weighted by Crippen LogP contribution is -2.22. The third-order valence-electron chi connectivity index (χ3n) is 4.49. The Bertz CT molecular complexity index is 1310. The van der Waals surface area contributed by atoms with E-state index in [9.17, 15) is 9.59 Å². The summed E-state index contributed by atoms with van der Waals surface area (Å²) in [5.41, 5.74) is 1.80. The monoisotopic (exact) mass is 402 g/mol. The van der Waals surface area contributed by atoms with E-state index in [1.54, 1.807) is 48.6 Å². The molecule has 0 saturated heterocycles. The molecule has 0 aliphatic carbocycles. The van der Waals surface area contributed by atoms with Gasteiger partial charge in [-0.1, -0.05) is 41.9 Å². The summed E-state index contributed by atoms with van der Waals surface area (Å²) in [4.78, 5) is 29.0. The number of hydrogen-bond donors (Lipinski definition) is 1. The molecule has 0 unspecified atom stereocenters. The van der Waals surface area contributed by atoms with Gasteiger partial charge in [0, 0.05) is 5.02 Å². The van der Waals surface area contributed by atoms with Gasteiger partial charge < -0.3 is 5.11 Å². The normalized spacial score (nSPS) is 11.2. The summed E-state index contributed by atoms with van der Waals surface area (Å²) >= 11 is 6.22. The van der Waals surface area contributed by atoms with Gasteiger partial charge in [0.15, 0.2) is 0 Å². The Balaban J connectivity index is 1.92. The van der Waals surface area contributed by atoms with E-state index >= 15 is 0 Å². The van der Waals surface area contributed by atoms with E-state index in [0.29, 0.717) is 27.4 Å². The van der Waals surface area contributed by atoms with E-state index in [2.05, 4.69) is 4.98 Å². The lowest BCUT2D eigenvalue weighted by Gasteiger charge is -2.12. The van der Waals surface area contributed by atoms with Crippen LogP contribution in [0.5, 0.6) is 0 Å². The zero-order chi connectivity index (χ0) is 20.4. The summed E-state index contributed by atoms with van der Waals surface area (Å²) in [6.07, 6.45) is 3.52. The molecule has 1 N–H and O–H groups in total. The van der Waals surface area contributed by atoms with E-state index < -0.39 is 5.97 Å². The largest absolute Gasteiger partial charge is 0.478 e. The van der Waals surface area contributed by atoms with Crippen LogP contribution in [-0.4, -0.2) is 20.6 Å². The third kappa shape index (κ3) is 3.68. The van der Waals surface area contributed by atoms with E-state index in [1.165, 1.54) is 16.7 Å². The number of aromatic carboxylic acids is 1. The Morgan fingerprint density at radius 1 is 0.931 bits per heavy atom. The van der Waals surface area contributed by atoms with Crippen molar-refractivity contribution < 1.29 is 9.90 Å².